The highest BCUT2D eigenvalue weighted by Crippen LogP contribution is 2.37. The van der Waals surface area contributed by atoms with Gasteiger partial charge in [0.15, 0.2) is 16.5 Å². The summed E-state index contributed by atoms with van der Waals surface area (Å²) in [6.45, 7) is 0. The Morgan fingerprint density at radius 3 is 2.25 bits per heavy atom. The molecule has 0 atom stereocenters. The molecule has 0 aromatic carbocycles. The minimum Gasteiger partial charge on any atom is -0.403 e. The number of halogens is 7. The summed E-state index contributed by atoms with van der Waals surface area (Å²) < 4.78 is 87.3. The van der Waals surface area contributed by atoms with E-state index in [2.05, 4.69) is 9.72 Å². The molecule has 4 nitrogen and oxygen atoms in total. The van der Waals surface area contributed by atoms with Gasteiger partial charge in [0, 0.05) is 16.2 Å². The van der Waals surface area contributed by atoms with Crippen LogP contribution in [-0.4, -0.2) is 19.8 Å². The largest absolute Gasteiger partial charge is 0.573 e. The Kier molecular flexibility index (Phi) is 5.03. The molecule has 20 heavy (non-hydrogen) atoms. The third-order valence-corrected chi connectivity index (χ3v) is 3.34. The Balaban J connectivity index is 3.57. The number of nitrogens with zero attached hydrogens (tertiary/aromatic N) is 1. The van der Waals surface area contributed by atoms with Crippen LogP contribution in [0.5, 0.6) is 5.75 Å². The van der Waals surface area contributed by atoms with Crippen molar-refractivity contribution in [3.63, 3.8) is 0 Å². The van der Waals surface area contributed by atoms with Gasteiger partial charge >= 0.3 is 6.36 Å². The average molecular weight is 360 g/mol. The molecule has 114 valence electrons. The molecule has 0 saturated carbocycles. The van der Waals surface area contributed by atoms with Crippen LogP contribution >= 0.6 is 22.3 Å². The number of hydrogen-bond acceptors (Lipinski definition) is 4. The van der Waals surface area contributed by atoms with Crippen LogP contribution in [0.2, 0.25) is 0 Å². The minimum absolute atomic E-state index is 0.530. The minimum atomic E-state index is -5.27. The Morgan fingerprint density at radius 1 is 1.35 bits per heavy atom. The molecule has 1 aromatic rings. The third kappa shape index (κ3) is 4.32. The molecule has 0 saturated heterocycles. The van der Waals surface area contributed by atoms with Crippen LogP contribution in [-0.2, 0) is 14.9 Å². The van der Waals surface area contributed by atoms with Crippen molar-refractivity contribution in [1.29, 1.82) is 0 Å². The summed E-state index contributed by atoms with van der Waals surface area (Å²) >= 11 is 5.30. The molecule has 0 aliphatic carbocycles. The van der Waals surface area contributed by atoms with E-state index in [1.807, 2.05) is 0 Å². The molecule has 0 unspecified atom stereocenters. The van der Waals surface area contributed by atoms with Gasteiger partial charge in [0.2, 0.25) is 0 Å². The molecule has 0 aliphatic heterocycles. The Hall–Kier alpha value is -0.870. The fraction of sp³-hybridized carbons (Fsp3) is 0.375. The van der Waals surface area contributed by atoms with Gasteiger partial charge in [0.1, 0.15) is 0 Å². The lowest BCUT2D eigenvalue weighted by atomic mass is 10.2. The Labute approximate surface area is 118 Å². The molecular weight excluding hydrogens is 356 g/mol. The average Bonchev–Trinajstić information content (AvgIpc) is 2.25. The molecule has 0 N–H and O–H groups in total. The van der Waals surface area contributed by atoms with Gasteiger partial charge in [-0.25, -0.2) is 22.2 Å². The number of rotatable bonds is 4. The standard InChI is InChI=1S/C8H4Cl2F5NO3S/c9-2-3-1-4(20(10,17)18)16-5(7(11)12)6(3)19-8(13,14)15/h1,7H,2H2. The van der Waals surface area contributed by atoms with Gasteiger partial charge in [-0.3, -0.25) is 0 Å². The highest BCUT2D eigenvalue weighted by molar-refractivity contribution is 8.13. The van der Waals surface area contributed by atoms with E-state index in [-0.39, 0.29) is 0 Å². The lowest BCUT2D eigenvalue weighted by molar-refractivity contribution is -0.275. The summed E-state index contributed by atoms with van der Waals surface area (Å²) in [4.78, 5) is 2.88. The first-order valence-corrected chi connectivity index (χ1v) is 7.38. The first kappa shape index (κ1) is 17.2. The van der Waals surface area contributed by atoms with E-state index in [4.69, 9.17) is 22.3 Å². The van der Waals surface area contributed by atoms with E-state index >= 15 is 0 Å². The van der Waals surface area contributed by atoms with Gasteiger partial charge in [-0.2, -0.15) is 0 Å². The van der Waals surface area contributed by atoms with Crippen LogP contribution in [0.3, 0.4) is 0 Å². The SMILES string of the molecule is O=S(=O)(Cl)c1cc(CCl)c(OC(F)(F)F)c(C(F)F)n1. The first-order chi connectivity index (χ1) is 8.95. The maximum atomic E-state index is 12.7. The zero-order chi connectivity index (χ0) is 15.7. The van der Waals surface area contributed by atoms with Crippen molar-refractivity contribution < 1.29 is 35.1 Å². The summed E-state index contributed by atoms with van der Waals surface area (Å²) in [6, 6.07) is 0.530. The van der Waals surface area contributed by atoms with Crippen molar-refractivity contribution in [1.82, 2.24) is 4.98 Å². The Morgan fingerprint density at radius 2 is 1.90 bits per heavy atom. The summed E-state index contributed by atoms with van der Waals surface area (Å²) in [7, 11) is 0.389. The number of hydrogen-bond donors (Lipinski definition) is 0. The van der Waals surface area contributed by atoms with Crippen molar-refractivity contribution >= 4 is 31.3 Å². The highest BCUT2D eigenvalue weighted by Gasteiger charge is 2.36. The van der Waals surface area contributed by atoms with Gasteiger partial charge in [0.25, 0.3) is 15.5 Å². The number of aromatic nitrogens is 1. The van der Waals surface area contributed by atoms with Crippen molar-refractivity contribution in [2.75, 3.05) is 0 Å². The van der Waals surface area contributed by atoms with Crippen molar-refractivity contribution in [3.8, 4) is 5.75 Å². The van der Waals surface area contributed by atoms with E-state index in [1.54, 1.807) is 0 Å². The second-order valence-corrected chi connectivity index (χ2v) is 6.03. The van der Waals surface area contributed by atoms with Crippen molar-refractivity contribution in [3.05, 3.63) is 17.3 Å². The third-order valence-electron chi connectivity index (χ3n) is 1.87. The summed E-state index contributed by atoms with van der Waals surface area (Å²) in [5.41, 5.74) is -2.15. The topological polar surface area (TPSA) is 56.3 Å². The molecule has 1 aromatic heterocycles. The van der Waals surface area contributed by atoms with Crippen LogP contribution in [0, 0.1) is 0 Å². The maximum absolute atomic E-state index is 12.7. The summed E-state index contributed by atoms with van der Waals surface area (Å²) in [5, 5.41) is -1.04. The van der Waals surface area contributed by atoms with Crippen LogP contribution in [0.15, 0.2) is 11.1 Å². The summed E-state index contributed by atoms with van der Waals surface area (Å²) in [5.74, 6) is -2.06. The quantitative estimate of drug-likeness (QED) is 0.468. The number of alkyl halides is 6. The van der Waals surface area contributed by atoms with Crippen LogP contribution in [0.25, 0.3) is 0 Å². The van der Waals surface area contributed by atoms with Gasteiger partial charge < -0.3 is 4.74 Å². The zero-order valence-electron chi connectivity index (χ0n) is 9.09. The van der Waals surface area contributed by atoms with Gasteiger partial charge in [-0.15, -0.1) is 24.8 Å². The van der Waals surface area contributed by atoms with Crippen molar-refractivity contribution in [2.24, 2.45) is 0 Å². The molecule has 12 heteroatoms. The molecule has 0 radical (unpaired) electrons. The normalized spacial score (nSPS) is 12.8. The van der Waals surface area contributed by atoms with Gasteiger partial charge in [-0.1, -0.05) is 0 Å². The first-order valence-electron chi connectivity index (χ1n) is 4.54. The Bertz CT molecular complexity index is 605. The second kappa shape index (κ2) is 5.86. The van der Waals surface area contributed by atoms with E-state index in [0.717, 1.165) is 0 Å². The number of pyridine rings is 1. The van der Waals surface area contributed by atoms with Gasteiger partial charge in [0.05, 0.1) is 5.88 Å². The molecule has 0 aliphatic rings. The van der Waals surface area contributed by atoms with E-state index in [0.29, 0.717) is 6.07 Å². The lowest BCUT2D eigenvalue weighted by Crippen LogP contribution is -2.20. The summed E-state index contributed by atoms with van der Waals surface area (Å²) in [6.07, 6.45) is -8.79. The maximum Gasteiger partial charge on any atom is 0.573 e. The fourth-order valence-electron chi connectivity index (χ4n) is 1.19. The monoisotopic (exact) mass is 359 g/mol. The smallest absolute Gasteiger partial charge is 0.403 e. The molecule has 0 bridgehead atoms. The van der Waals surface area contributed by atoms with E-state index in [9.17, 15) is 30.4 Å². The predicted octanol–water partition coefficient (Wildman–Crippen LogP) is 3.58. The van der Waals surface area contributed by atoms with Gasteiger partial charge in [-0.05, 0) is 6.07 Å². The van der Waals surface area contributed by atoms with E-state index in [1.165, 1.54) is 0 Å². The predicted molar refractivity (Wildman–Crippen MR) is 58.5 cm³/mol. The van der Waals surface area contributed by atoms with Crippen LogP contribution in [0.4, 0.5) is 22.0 Å². The second-order valence-electron chi connectivity index (χ2n) is 3.25. The van der Waals surface area contributed by atoms with Crippen molar-refractivity contribution in [2.45, 2.75) is 23.7 Å². The molecule has 0 amide bonds. The van der Waals surface area contributed by atoms with E-state index < -0.39 is 49.8 Å². The fourth-order valence-corrected chi connectivity index (χ4v) is 2.11. The molecule has 0 spiro atoms. The highest BCUT2D eigenvalue weighted by atomic mass is 35.7. The van der Waals surface area contributed by atoms with Crippen LogP contribution in [0.1, 0.15) is 17.7 Å². The zero-order valence-corrected chi connectivity index (χ0v) is 11.4. The van der Waals surface area contributed by atoms with Crippen LogP contribution < -0.4 is 4.74 Å². The molecular formula is C8H4Cl2F5NO3S. The molecule has 1 rings (SSSR count). The molecule has 1 heterocycles. The number of ether oxygens (including phenoxy) is 1. The molecule has 0 fully saturated rings. The lowest BCUT2D eigenvalue weighted by Gasteiger charge is -2.16.